The third-order valence-electron chi connectivity index (χ3n) is 1.37. The van der Waals surface area contributed by atoms with Gasteiger partial charge in [-0.1, -0.05) is 13.8 Å². The Labute approximate surface area is 52.0 Å². The zero-order valence-electron chi connectivity index (χ0n) is 6.27. The van der Waals surface area contributed by atoms with Crippen LogP contribution in [0.25, 0.3) is 0 Å². The van der Waals surface area contributed by atoms with Crippen molar-refractivity contribution in [2.45, 2.75) is 33.8 Å². The van der Waals surface area contributed by atoms with Crippen molar-refractivity contribution < 1.29 is 4.74 Å². The van der Waals surface area contributed by atoms with Gasteiger partial charge in [0.15, 0.2) is 0 Å². The van der Waals surface area contributed by atoms with Gasteiger partial charge in [-0.05, 0) is 19.8 Å². The summed E-state index contributed by atoms with van der Waals surface area (Å²) in [6.45, 7) is 9.30. The fourth-order valence-electron chi connectivity index (χ4n) is 0.455. The van der Waals surface area contributed by atoms with Crippen LogP contribution in [0.5, 0.6) is 0 Å². The van der Waals surface area contributed by atoms with E-state index in [0.717, 1.165) is 6.61 Å². The summed E-state index contributed by atoms with van der Waals surface area (Å²) in [7, 11) is 0. The van der Waals surface area contributed by atoms with E-state index in [-0.39, 0.29) is 0 Å². The van der Waals surface area contributed by atoms with Gasteiger partial charge in [0.1, 0.15) is 0 Å². The third kappa shape index (κ3) is 3.03. The van der Waals surface area contributed by atoms with Crippen LogP contribution in [0, 0.1) is 5.92 Å². The van der Waals surface area contributed by atoms with Crippen LogP contribution in [0.4, 0.5) is 0 Å². The van der Waals surface area contributed by atoms with Gasteiger partial charge in [0.25, 0.3) is 0 Å². The van der Waals surface area contributed by atoms with Crippen LogP contribution in [0.2, 0.25) is 0 Å². The molecular formula is C7H16O. The molecule has 0 fully saturated rings. The lowest BCUT2D eigenvalue weighted by molar-refractivity contribution is 0.0443. The maximum absolute atomic E-state index is 5.30. The van der Waals surface area contributed by atoms with Gasteiger partial charge >= 0.3 is 0 Å². The Hall–Kier alpha value is -0.0400. The molecule has 0 heterocycles. The Morgan fingerprint density at radius 3 is 1.88 bits per heavy atom. The van der Waals surface area contributed by atoms with E-state index < -0.39 is 0 Å². The smallest absolute Gasteiger partial charge is 0.0569 e. The minimum Gasteiger partial charge on any atom is -0.379 e. The summed E-state index contributed by atoms with van der Waals surface area (Å²) in [5.41, 5.74) is 0. The molecule has 0 aromatic heterocycles. The van der Waals surface area contributed by atoms with Crippen LogP contribution >= 0.6 is 0 Å². The van der Waals surface area contributed by atoms with E-state index in [9.17, 15) is 0 Å². The minimum atomic E-state index is 0.417. The molecule has 1 atom stereocenters. The molecule has 50 valence electrons. The predicted molar refractivity (Wildman–Crippen MR) is 35.9 cm³/mol. The molecule has 0 bridgehead atoms. The second-order valence-corrected chi connectivity index (χ2v) is 2.40. The second kappa shape index (κ2) is 3.90. The monoisotopic (exact) mass is 116 g/mol. The van der Waals surface area contributed by atoms with Crippen molar-refractivity contribution in [1.29, 1.82) is 0 Å². The highest BCUT2D eigenvalue weighted by atomic mass is 16.5. The molecule has 1 nitrogen and oxygen atoms in total. The highest BCUT2D eigenvalue weighted by molar-refractivity contribution is 4.52. The molecule has 1 heteroatoms. The number of hydrogen-bond acceptors (Lipinski definition) is 1. The van der Waals surface area contributed by atoms with Crippen molar-refractivity contribution in [3.05, 3.63) is 0 Å². The van der Waals surface area contributed by atoms with Gasteiger partial charge in [-0.3, -0.25) is 0 Å². The molecule has 0 aromatic carbocycles. The van der Waals surface area contributed by atoms with E-state index in [4.69, 9.17) is 4.74 Å². The Balaban J connectivity index is 3.17. The fourth-order valence-corrected chi connectivity index (χ4v) is 0.455. The Morgan fingerprint density at radius 1 is 1.25 bits per heavy atom. The molecular weight excluding hydrogens is 100 g/mol. The van der Waals surface area contributed by atoms with Gasteiger partial charge in [0.2, 0.25) is 0 Å². The van der Waals surface area contributed by atoms with Crippen LogP contribution in [0.1, 0.15) is 27.7 Å². The van der Waals surface area contributed by atoms with E-state index in [1.165, 1.54) is 0 Å². The number of ether oxygens (including phenoxy) is 1. The molecule has 0 aliphatic heterocycles. The third-order valence-corrected chi connectivity index (χ3v) is 1.37. The molecule has 8 heavy (non-hydrogen) atoms. The normalized spacial score (nSPS) is 14.6. The quantitative estimate of drug-likeness (QED) is 0.548. The molecule has 0 saturated carbocycles. The summed E-state index contributed by atoms with van der Waals surface area (Å²) in [6, 6.07) is 0. The van der Waals surface area contributed by atoms with Gasteiger partial charge in [-0.25, -0.2) is 0 Å². The van der Waals surface area contributed by atoms with E-state index in [1.807, 2.05) is 6.92 Å². The highest BCUT2D eigenvalue weighted by Crippen LogP contribution is 2.03. The summed E-state index contributed by atoms with van der Waals surface area (Å²) in [5.74, 6) is 0.648. The summed E-state index contributed by atoms with van der Waals surface area (Å²) >= 11 is 0. The van der Waals surface area contributed by atoms with Gasteiger partial charge in [-0.15, -0.1) is 0 Å². The molecule has 0 aromatic rings. The van der Waals surface area contributed by atoms with E-state index in [2.05, 4.69) is 20.8 Å². The van der Waals surface area contributed by atoms with E-state index in [0.29, 0.717) is 12.0 Å². The topological polar surface area (TPSA) is 9.23 Å². The zero-order chi connectivity index (χ0) is 6.57. The first-order valence-electron chi connectivity index (χ1n) is 3.30. The van der Waals surface area contributed by atoms with Crippen molar-refractivity contribution in [1.82, 2.24) is 0 Å². The van der Waals surface area contributed by atoms with Crippen molar-refractivity contribution in [3.8, 4) is 0 Å². The second-order valence-electron chi connectivity index (χ2n) is 2.40. The maximum atomic E-state index is 5.30. The van der Waals surface area contributed by atoms with Crippen molar-refractivity contribution in [3.63, 3.8) is 0 Å². The van der Waals surface area contributed by atoms with E-state index in [1.54, 1.807) is 0 Å². The summed E-state index contributed by atoms with van der Waals surface area (Å²) in [4.78, 5) is 0. The summed E-state index contributed by atoms with van der Waals surface area (Å²) in [6.07, 6.45) is 0.417. The van der Waals surface area contributed by atoms with Crippen LogP contribution < -0.4 is 0 Å². The van der Waals surface area contributed by atoms with Crippen LogP contribution in [0.15, 0.2) is 0 Å². The molecule has 1 unspecified atom stereocenters. The Kier molecular flexibility index (Phi) is 3.88. The van der Waals surface area contributed by atoms with Crippen LogP contribution in [-0.4, -0.2) is 12.7 Å². The zero-order valence-corrected chi connectivity index (χ0v) is 6.27. The van der Waals surface area contributed by atoms with Crippen molar-refractivity contribution >= 4 is 0 Å². The fraction of sp³-hybridized carbons (Fsp3) is 1.00. The average Bonchev–Trinajstić information content (AvgIpc) is 1.67. The first-order valence-corrected chi connectivity index (χ1v) is 3.30. The van der Waals surface area contributed by atoms with Crippen molar-refractivity contribution in [2.24, 2.45) is 5.92 Å². The lowest BCUT2D eigenvalue weighted by atomic mass is 10.1. The SMILES string of the molecule is CCOC(C)C(C)C. The molecule has 0 aliphatic carbocycles. The molecule has 0 radical (unpaired) electrons. The molecule has 0 amide bonds. The maximum Gasteiger partial charge on any atom is 0.0569 e. The van der Waals surface area contributed by atoms with Gasteiger partial charge in [0.05, 0.1) is 6.10 Å². The highest BCUT2D eigenvalue weighted by Gasteiger charge is 2.03. The van der Waals surface area contributed by atoms with Crippen LogP contribution in [0.3, 0.4) is 0 Å². The molecule has 0 N–H and O–H groups in total. The molecule has 0 aliphatic rings. The van der Waals surface area contributed by atoms with Gasteiger partial charge < -0.3 is 4.74 Å². The Morgan fingerprint density at radius 2 is 1.75 bits per heavy atom. The van der Waals surface area contributed by atoms with Crippen LogP contribution in [-0.2, 0) is 4.74 Å². The first-order chi connectivity index (χ1) is 3.68. The lowest BCUT2D eigenvalue weighted by Gasteiger charge is -2.14. The first kappa shape index (κ1) is 7.96. The molecule has 0 saturated heterocycles. The predicted octanol–water partition coefficient (Wildman–Crippen LogP) is 2.07. The number of hydrogen-bond donors (Lipinski definition) is 0. The van der Waals surface area contributed by atoms with Crippen molar-refractivity contribution in [2.75, 3.05) is 6.61 Å². The summed E-state index contributed by atoms with van der Waals surface area (Å²) < 4.78 is 5.30. The standard InChI is InChI=1S/C7H16O/c1-5-8-7(4)6(2)3/h6-7H,5H2,1-4H3. The van der Waals surface area contributed by atoms with E-state index >= 15 is 0 Å². The van der Waals surface area contributed by atoms with Gasteiger partial charge in [0, 0.05) is 6.61 Å². The Bertz CT molecular complexity index is 50.3. The number of rotatable bonds is 3. The average molecular weight is 116 g/mol. The largest absolute Gasteiger partial charge is 0.379 e. The molecule has 0 rings (SSSR count). The van der Waals surface area contributed by atoms with Gasteiger partial charge in [-0.2, -0.15) is 0 Å². The summed E-state index contributed by atoms with van der Waals surface area (Å²) in [5, 5.41) is 0. The lowest BCUT2D eigenvalue weighted by Crippen LogP contribution is -2.14. The molecule has 0 spiro atoms. The minimum absolute atomic E-state index is 0.417.